The predicted octanol–water partition coefficient (Wildman–Crippen LogP) is 5.62. The van der Waals surface area contributed by atoms with Crippen LogP contribution in [0.4, 0.5) is 28.0 Å². The van der Waals surface area contributed by atoms with E-state index in [0.717, 1.165) is 29.7 Å². The fourth-order valence-corrected chi connectivity index (χ4v) is 6.24. The number of hydrogen-bond donors (Lipinski definition) is 1. The standard InChI is InChI=1S/C28H28F4N4O2S/c1-18-16-34(11-12-36(18)27(38)33-22-7-3-5-20(15-22)28(30,31)32)25(37)17-35-10-8-24-23(9-13-39-24)26(35)19-4-2-6-21(29)14-19/h2-7,9,13-15,18,26H,8,10-12,16-17H2,1H3,(H,33,38). The number of thiophene rings is 1. The third-order valence-electron chi connectivity index (χ3n) is 7.25. The summed E-state index contributed by atoms with van der Waals surface area (Å²) < 4.78 is 53.2. The minimum Gasteiger partial charge on any atom is -0.338 e. The number of carbonyl (C=O) groups excluding carboxylic acids is 2. The summed E-state index contributed by atoms with van der Waals surface area (Å²) in [6, 6.07) is 11.9. The first-order valence-electron chi connectivity index (χ1n) is 12.7. The van der Waals surface area contributed by atoms with Crippen molar-refractivity contribution in [2.45, 2.75) is 31.6 Å². The van der Waals surface area contributed by atoms with Crippen LogP contribution in [-0.2, 0) is 17.4 Å². The Balaban J connectivity index is 1.23. The molecule has 2 aromatic carbocycles. The molecule has 5 rings (SSSR count). The average Bonchev–Trinajstić information content (AvgIpc) is 3.37. The summed E-state index contributed by atoms with van der Waals surface area (Å²) >= 11 is 1.67. The highest BCUT2D eigenvalue weighted by atomic mass is 32.1. The molecule has 1 saturated heterocycles. The molecule has 11 heteroatoms. The number of amides is 3. The van der Waals surface area contributed by atoms with Crippen molar-refractivity contribution in [2.75, 3.05) is 38.0 Å². The maximum absolute atomic E-state index is 14.1. The first-order chi connectivity index (χ1) is 18.6. The minimum absolute atomic E-state index is 0.0572. The van der Waals surface area contributed by atoms with E-state index in [1.807, 2.05) is 17.5 Å². The van der Waals surface area contributed by atoms with Gasteiger partial charge in [-0.15, -0.1) is 11.3 Å². The monoisotopic (exact) mass is 560 g/mol. The summed E-state index contributed by atoms with van der Waals surface area (Å²) in [6.07, 6.45) is -3.70. The average molecular weight is 561 g/mol. The van der Waals surface area contributed by atoms with Gasteiger partial charge in [0.2, 0.25) is 5.91 Å². The number of nitrogens with zero attached hydrogens (tertiary/aromatic N) is 3. The van der Waals surface area contributed by atoms with Crippen molar-refractivity contribution in [1.29, 1.82) is 0 Å². The molecule has 2 unspecified atom stereocenters. The van der Waals surface area contributed by atoms with Gasteiger partial charge in [0.15, 0.2) is 0 Å². The van der Waals surface area contributed by atoms with Gasteiger partial charge < -0.3 is 15.1 Å². The summed E-state index contributed by atoms with van der Waals surface area (Å²) in [5, 5.41) is 4.57. The Morgan fingerprint density at radius 1 is 1.05 bits per heavy atom. The molecule has 1 aromatic heterocycles. The second-order valence-electron chi connectivity index (χ2n) is 9.87. The van der Waals surface area contributed by atoms with Crippen LogP contribution in [0.2, 0.25) is 0 Å². The number of urea groups is 1. The van der Waals surface area contributed by atoms with E-state index in [1.54, 1.807) is 29.2 Å². The van der Waals surface area contributed by atoms with Crippen LogP contribution in [0.5, 0.6) is 0 Å². The molecule has 3 heterocycles. The number of nitrogens with one attached hydrogen (secondary N) is 1. The van der Waals surface area contributed by atoms with E-state index in [9.17, 15) is 27.2 Å². The Labute approximate surface area is 227 Å². The molecule has 3 aromatic rings. The van der Waals surface area contributed by atoms with Crippen LogP contribution < -0.4 is 5.32 Å². The molecule has 3 amide bonds. The van der Waals surface area contributed by atoms with E-state index in [4.69, 9.17) is 0 Å². The van der Waals surface area contributed by atoms with Crippen molar-refractivity contribution in [3.63, 3.8) is 0 Å². The van der Waals surface area contributed by atoms with Crippen LogP contribution in [0.1, 0.15) is 34.5 Å². The van der Waals surface area contributed by atoms with Gasteiger partial charge in [-0.1, -0.05) is 18.2 Å². The van der Waals surface area contributed by atoms with Gasteiger partial charge in [-0.25, -0.2) is 9.18 Å². The van der Waals surface area contributed by atoms with Crippen LogP contribution >= 0.6 is 11.3 Å². The summed E-state index contributed by atoms with van der Waals surface area (Å²) in [5.74, 6) is -0.408. The van der Waals surface area contributed by atoms with Crippen molar-refractivity contribution in [2.24, 2.45) is 0 Å². The first kappa shape index (κ1) is 27.1. The van der Waals surface area contributed by atoms with Crippen LogP contribution in [0.25, 0.3) is 0 Å². The molecule has 206 valence electrons. The minimum atomic E-state index is -4.51. The Hall–Kier alpha value is -3.44. The Morgan fingerprint density at radius 3 is 2.59 bits per heavy atom. The van der Waals surface area contributed by atoms with Gasteiger partial charge in [0.1, 0.15) is 5.82 Å². The fourth-order valence-electron chi connectivity index (χ4n) is 5.33. The predicted molar refractivity (Wildman–Crippen MR) is 141 cm³/mol. The maximum atomic E-state index is 14.1. The van der Waals surface area contributed by atoms with E-state index >= 15 is 0 Å². The zero-order valence-electron chi connectivity index (χ0n) is 21.2. The number of hydrogen-bond acceptors (Lipinski definition) is 4. The molecule has 2 aliphatic heterocycles. The zero-order valence-corrected chi connectivity index (χ0v) is 22.1. The maximum Gasteiger partial charge on any atom is 0.416 e. The highest BCUT2D eigenvalue weighted by Gasteiger charge is 2.35. The van der Waals surface area contributed by atoms with Gasteiger partial charge in [-0.3, -0.25) is 9.69 Å². The lowest BCUT2D eigenvalue weighted by Gasteiger charge is -2.41. The van der Waals surface area contributed by atoms with Crippen LogP contribution in [-0.4, -0.2) is 65.4 Å². The third-order valence-corrected chi connectivity index (χ3v) is 8.25. The largest absolute Gasteiger partial charge is 0.416 e. The van der Waals surface area contributed by atoms with E-state index in [-0.39, 0.29) is 42.6 Å². The zero-order chi connectivity index (χ0) is 27.7. The number of benzene rings is 2. The molecule has 0 spiro atoms. The van der Waals surface area contributed by atoms with E-state index in [2.05, 4.69) is 10.2 Å². The second-order valence-corrected chi connectivity index (χ2v) is 10.9. The summed E-state index contributed by atoms with van der Waals surface area (Å²) in [6.45, 7) is 3.48. The normalized spacial score (nSPS) is 20.0. The van der Waals surface area contributed by atoms with Crippen molar-refractivity contribution < 1.29 is 27.2 Å². The molecule has 0 bridgehead atoms. The highest BCUT2D eigenvalue weighted by Crippen LogP contribution is 2.38. The number of halogens is 4. The Kier molecular flexibility index (Phi) is 7.64. The van der Waals surface area contributed by atoms with E-state index < -0.39 is 17.8 Å². The molecule has 6 nitrogen and oxygen atoms in total. The second kappa shape index (κ2) is 11.0. The number of fused-ring (bicyclic) bond motifs is 1. The smallest absolute Gasteiger partial charge is 0.338 e. The molecular weight excluding hydrogens is 532 g/mol. The number of anilines is 1. The van der Waals surface area contributed by atoms with Crippen molar-refractivity contribution >= 4 is 29.0 Å². The molecule has 0 radical (unpaired) electrons. The van der Waals surface area contributed by atoms with Gasteiger partial charge in [-0.2, -0.15) is 13.2 Å². The summed E-state index contributed by atoms with van der Waals surface area (Å²) in [7, 11) is 0. The van der Waals surface area contributed by atoms with Gasteiger partial charge in [0.05, 0.1) is 18.2 Å². The molecule has 1 fully saturated rings. The number of piperazine rings is 1. The lowest BCUT2D eigenvalue weighted by molar-refractivity contribution is -0.137. The van der Waals surface area contributed by atoms with Gasteiger partial charge >= 0.3 is 12.2 Å². The topological polar surface area (TPSA) is 55.9 Å². The lowest BCUT2D eigenvalue weighted by atomic mass is 9.93. The van der Waals surface area contributed by atoms with Crippen molar-refractivity contribution in [3.05, 3.63) is 87.4 Å². The molecule has 0 saturated carbocycles. The van der Waals surface area contributed by atoms with Crippen LogP contribution in [0.15, 0.2) is 60.0 Å². The van der Waals surface area contributed by atoms with Gasteiger partial charge in [0, 0.05) is 42.8 Å². The van der Waals surface area contributed by atoms with Gasteiger partial charge in [0.25, 0.3) is 0 Å². The number of alkyl halides is 3. The van der Waals surface area contributed by atoms with E-state index in [1.165, 1.54) is 34.0 Å². The van der Waals surface area contributed by atoms with Crippen molar-refractivity contribution in [3.8, 4) is 0 Å². The first-order valence-corrected chi connectivity index (χ1v) is 13.6. The molecule has 1 N–H and O–H groups in total. The van der Waals surface area contributed by atoms with Crippen molar-refractivity contribution in [1.82, 2.24) is 14.7 Å². The quantitative estimate of drug-likeness (QED) is 0.422. The SMILES string of the molecule is CC1CN(C(=O)CN2CCc3sccc3C2c2cccc(F)c2)CCN1C(=O)Nc1cccc(C(F)(F)F)c1. The fraction of sp³-hybridized carbons (Fsp3) is 0.357. The van der Waals surface area contributed by atoms with Gasteiger partial charge in [-0.05, 0) is 66.2 Å². The molecule has 0 aliphatic carbocycles. The summed E-state index contributed by atoms with van der Waals surface area (Å²) in [5.41, 5.74) is 1.11. The third kappa shape index (κ3) is 5.94. The highest BCUT2D eigenvalue weighted by molar-refractivity contribution is 7.10. The molecule has 2 aliphatic rings. The number of carbonyl (C=O) groups is 2. The van der Waals surface area contributed by atoms with E-state index in [0.29, 0.717) is 19.6 Å². The lowest BCUT2D eigenvalue weighted by Crippen LogP contribution is -2.58. The number of rotatable bonds is 4. The summed E-state index contributed by atoms with van der Waals surface area (Å²) in [4.78, 5) is 32.8. The molecular formula is C28H28F4N4O2S. The Bertz CT molecular complexity index is 1360. The van der Waals surface area contributed by atoms with Crippen LogP contribution in [0, 0.1) is 5.82 Å². The molecule has 39 heavy (non-hydrogen) atoms. The van der Waals surface area contributed by atoms with Crippen LogP contribution in [0.3, 0.4) is 0 Å². The Morgan fingerprint density at radius 2 is 1.85 bits per heavy atom. The molecule has 2 atom stereocenters.